The van der Waals surface area contributed by atoms with Crippen molar-refractivity contribution in [2.45, 2.75) is 24.2 Å². The van der Waals surface area contributed by atoms with Crippen molar-refractivity contribution in [3.63, 3.8) is 0 Å². The molecule has 0 N–H and O–H groups in total. The van der Waals surface area contributed by atoms with Crippen LogP contribution in [0.4, 0.5) is 5.69 Å². The van der Waals surface area contributed by atoms with Crippen LogP contribution < -0.4 is 4.90 Å². The van der Waals surface area contributed by atoms with Crippen LogP contribution >= 0.6 is 0 Å². The molecule has 1 spiro atoms. The first-order chi connectivity index (χ1) is 14.7. The average molecular weight is 437 g/mol. The molecule has 2 amide bonds. The highest BCUT2D eigenvalue weighted by Crippen LogP contribution is 2.55. The Kier molecular flexibility index (Phi) is 4.70. The normalized spacial score (nSPS) is 20.2. The van der Waals surface area contributed by atoms with Crippen molar-refractivity contribution >= 4 is 33.3 Å². The fourth-order valence-electron chi connectivity index (χ4n) is 4.38. The highest BCUT2D eigenvalue weighted by molar-refractivity contribution is 7.95. The van der Waals surface area contributed by atoms with E-state index in [2.05, 4.69) is 0 Å². The van der Waals surface area contributed by atoms with Crippen molar-refractivity contribution in [1.82, 2.24) is 0 Å². The third kappa shape index (κ3) is 2.64. The number of benzene rings is 2. The van der Waals surface area contributed by atoms with Gasteiger partial charge in [-0.2, -0.15) is 0 Å². The predicted molar refractivity (Wildman–Crippen MR) is 113 cm³/mol. The maximum absolute atomic E-state index is 13.7. The molecule has 4 rings (SSSR count). The van der Waals surface area contributed by atoms with Gasteiger partial charge in [0.25, 0.3) is 5.91 Å². The van der Waals surface area contributed by atoms with Crippen LogP contribution in [0.1, 0.15) is 19.4 Å². The Morgan fingerprint density at radius 1 is 1.00 bits per heavy atom. The number of rotatable bonds is 3. The summed E-state index contributed by atoms with van der Waals surface area (Å²) in [7, 11) is -2.89. The Labute approximate surface area is 179 Å². The molecule has 0 unspecified atom stereocenters. The number of nitrogens with zero attached hydrogens (tertiary/aromatic N) is 1. The summed E-state index contributed by atoms with van der Waals surface area (Å²) >= 11 is 0. The molecule has 1 heterocycles. The second kappa shape index (κ2) is 7.02. The summed E-state index contributed by atoms with van der Waals surface area (Å²) in [5.74, 6) is -2.08. The smallest absolute Gasteiger partial charge is 0.335 e. The molecule has 1 aliphatic heterocycles. The van der Waals surface area contributed by atoms with Crippen LogP contribution in [-0.2, 0) is 34.4 Å². The molecule has 0 saturated heterocycles. The summed E-state index contributed by atoms with van der Waals surface area (Å²) in [4.78, 5) is 39.7. The number of para-hydroxylation sites is 1. The molecule has 0 saturated carbocycles. The van der Waals surface area contributed by atoms with Crippen molar-refractivity contribution in [2.75, 3.05) is 12.0 Å². The first-order valence-corrected chi connectivity index (χ1v) is 10.9. The zero-order valence-corrected chi connectivity index (χ0v) is 17.9. The van der Waals surface area contributed by atoms with Gasteiger partial charge in [0.15, 0.2) is 0 Å². The molecule has 1 aliphatic carbocycles. The lowest BCUT2D eigenvalue weighted by Crippen LogP contribution is -2.45. The van der Waals surface area contributed by atoms with Gasteiger partial charge in [-0.05, 0) is 36.8 Å². The van der Waals surface area contributed by atoms with E-state index in [0.29, 0.717) is 11.3 Å². The molecule has 2 aromatic carbocycles. The molecule has 158 valence electrons. The first-order valence-electron chi connectivity index (χ1n) is 9.45. The molecule has 31 heavy (non-hydrogen) atoms. The van der Waals surface area contributed by atoms with E-state index < -0.39 is 33.0 Å². The number of esters is 1. The van der Waals surface area contributed by atoms with Crippen LogP contribution in [0.15, 0.2) is 81.6 Å². The summed E-state index contributed by atoms with van der Waals surface area (Å²) < 4.78 is 31.8. The zero-order chi connectivity index (χ0) is 22.6. The fourth-order valence-corrected chi connectivity index (χ4v) is 5.97. The number of hydrogen-bond acceptors (Lipinski definition) is 6. The molecule has 0 aromatic heterocycles. The lowest BCUT2D eigenvalue weighted by Gasteiger charge is -2.27. The average Bonchev–Trinajstić information content (AvgIpc) is 3.22. The molecule has 0 bridgehead atoms. The van der Waals surface area contributed by atoms with E-state index in [9.17, 15) is 22.8 Å². The van der Waals surface area contributed by atoms with Crippen LogP contribution in [0.2, 0.25) is 0 Å². The molecule has 2 aliphatic rings. The number of carbonyl (C=O) groups excluding carboxylic acids is 3. The number of methoxy groups -OCH3 is 1. The fraction of sp³-hybridized carbons (Fsp3) is 0.174. The monoisotopic (exact) mass is 437 g/mol. The van der Waals surface area contributed by atoms with E-state index in [1.165, 1.54) is 32.1 Å². The van der Waals surface area contributed by atoms with Gasteiger partial charge >= 0.3 is 5.97 Å². The number of ether oxygens (including phenoxy) is 1. The van der Waals surface area contributed by atoms with Crippen molar-refractivity contribution < 1.29 is 27.5 Å². The number of hydrogen-bond donors (Lipinski definition) is 0. The van der Waals surface area contributed by atoms with Gasteiger partial charge in [-0.25, -0.2) is 18.1 Å². The number of amides is 2. The minimum absolute atomic E-state index is 0.0315. The van der Waals surface area contributed by atoms with Crippen molar-refractivity contribution in [3.05, 3.63) is 82.3 Å². The maximum atomic E-state index is 13.7. The molecular formula is C23H19NO6S. The van der Waals surface area contributed by atoms with Crippen LogP contribution in [0.25, 0.3) is 0 Å². The summed E-state index contributed by atoms with van der Waals surface area (Å²) in [6.07, 6.45) is 1.20. The summed E-state index contributed by atoms with van der Waals surface area (Å²) in [6.45, 7) is 2.74. The molecule has 1 atom stereocenters. The standard InChI is InChI=1S/C23H19NO6S/c1-14-20(31(28,29)16-9-5-4-6-10-16)13-18(21(26)30-3)23(14)17-11-7-8-12-19(17)24(15(2)25)22(23)27/h4-13H,1-3H3/t23-/m1/s1. The van der Waals surface area contributed by atoms with E-state index in [1.807, 2.05) is 0 Å². The SMILES string of the molecule is COC(=O)C1=CC(S(=O)(=O)c2ccccc2)=C(C)[C@]12C(=O)N(C(C)=O)c1ccccc12. The van der Waals surface area contributed by atoms with Crippen LogP contribution in [0.5, 0.6) is 0 Å². The zero-order valence-electron chi connectivity index (χ0n) is 17.1. The van der Waals surface area contributed by atoms with Crippen LogP contribution in [0.3, 0.4) is 0 Å². The molecule has 8 heteroatoms. The van der Waals surface area contributed by atoms with Gasteiger partial charge in [-0.15, -0.1) is 0 Å². The Balaban J connectivity index is 2.08. The van der Waals surface area contributed by atoms with Crippen molar-refractivity contribution in [2.24, 2.45) is 0 Å². The van der Waals surface area contributed by atoms with E-state index in [0.717, 1.165) is 12.0 Å². The number of anilines is 1. The highest BCUT2D eigenvalue weighted by atomic mass is 32.2. The molecular weight excluding hydrogens is 418 g/mol. The van der Waals surface area contributed by atoms with Crippen molar-refractivity contribution in [1.29, 1.82) is 0 Å². The van der Waals surface area contributed by atoms with Crippen molar-refractivity contribution in [3.8, 4) is 0 Å². The summed E-state index contributed by atoms with van der Waals surface area (Å²) in [5, 5.41) is 0. The third-order valence-corrected chi connectivity index (χ3v) is 7.64. The van der Waals surface area contributed by atoms with Gasteiger partial charge in [-0.3, -0.25) is 9.59 Å². The van der Waals surface area contributed by atoms with Crippen LogP contribution in [-0.4, -0.2) is 33.3 Å². The second-order valence-electron chi connectivity index (χ2n) is 7.28. The molecule has 2 aromatic rings. The highest BCUT2D eigenvalue weighted by Gasteiger charge is 2.61. The van der Waals surface area contributed by atoms with Gasteiger partial charge in [0.2, 0.25) is 15.7 Å². The largest absolute Gasteiger partial charge is 0.466 e. The molecule has 7 nitrogen and oxygen atoms in total. The first kappa shape index (κ1) is 20.7. The summed E-state index contributed by atoms with van der Waals surface area (Å²) in [5.41, 5.74) is -1.07. The van der Waals surface area contributed by atoms with E-state index >= 15 is 0 Å². The van der Waals surface area contributed by atoms with E-state index in [-0.39, 0.29) is 20.9 Å². The topological polar surface area (TPSA) is 97.8 Å². The van der Waals surface area contributed by atoms with E-state index in [1.54, 1.807) is 42.5 Å². The van der Waals surface area contributed by atoms with Gasteiger partial charge in [-0.1, -0.05) is 36.4 Å². The Hall–Kier alpha value is -3.52. The minimum Gasteiger partial charge on any atom is -0.466 e. The number of sulfone groups is 1. The number of imide groups is 1. The summed E-state index contributed by atoms with van der Waals surface area (Å²) in [6, 6.07) is 14.3. The van der Waals surface area contributed by atoms with Gasteiger partial charge in [0.05, 0.1) is 28.2 Å². The molecule has 0 fully saturated rings. The lowest BCUT2D eigenvalue weighted by molar-refractivity contribution is -0.138. The quantitative estimate of drug-likeness (QED) is 0.685. The molecule has 0 radical (unpaired) electrons. The Bertz CT molecular complexity index is 1310. The van der Waals surface area contributed by atoms with E-state index in [4.69, 9.17) is 4.74 Å². The second-order valence-corrected chi connectivity index (χ2v) is 9.20. The Morgan fingerprint density at radius 3 is 2.23 bits per heavy atom. The Morgan fingerprint density at radius 2 is 1.61 bits per heavy atom. The number of allylic oxidation sites excluding steroid dienone is 1. The van der Waals surface area contributed by atoms with Gasteiger partial charge in [0, 0.05) is 12.5 Å². The number of carbonyl (C=O) groups is 3. The maximum Gasteiger partial charge on any atom is 0.335 e. The minimum atomic E-state index is -4.05. The van der Waals surface area contributed by atoms with Gasteiger partial charge in [0.1, 0.15) is 5.41 Å². The lowest BCUT2D eigenvalue weighted by atomic mass is 9.72. The van der Waals surface area contributed by atoms with Gasteiger partial charge < -0.3 is 4.74 Å². The predicted octanol–water partition coefficient (Wildman–Crippen LogP) is 2.68. The third-order valence-electron chi connectivity index (χ3n) is 5.75. The number of fused-ring (bicyclic) bond motifs is 2. The van der Waals surface area contributed by atoms with Crippen LogP contribution in [0, 0.1) is 0 Å².